The number of hydrogen-bond acceptors (Lipinski definition) is 9. The van der Waals surface area contributed by atoms with Crippen molar-refractivity contribution in [2.45, 2.75) is 24.2 Å². The van der Waals surface area contributed by atoms with Gasteiger partial charge in [0.1, 0.15) is 23.7 Å². The van der Waals surface area contributed by atoms with Crippen LogP contribution in [0, 0.1) is 0 Å². The number of nitrogens with one attached hydrogen (secondary N) is 2. The smallest absolute Gasteiger partial charge is 0.129 e. The predicted octanol–water partition coefficient (Wildman–Crippen LogP) is 3.26. The molecule has 8 nitrogen and oxygen atoms in total. The van der Waals surface area contributed by atoms with E-state index in [1.165, 1.54) is 5.56 Å². The normalized spacial score (nSPS) is 13.7. The molecule has 0 spiro atoms. The summed E-state index contributed by atoms with van der Waals surface area (Å²) in [6.07, 6.45) is 4.55. The molecule has 2 heterocycles. The number of methoxy groups -OCH3 is 1. The topological polar surface area (TPSA) is 112 Å². The van der Waals surface area contributed by atoms with Crippen LogP contribution < -0.4 is 15.4 Å². The summed E-state index contributed by atoms with van der Waals surface area (Å²) in [5, 5.41) is 25.1. The van der Waals surface area contributed by atoms with E-state index in [1.807, 2.05) is 48.2 Å². The van der Waals surface area contributed by atoms with Gasteiger partial charge >= 0.3 is 0 Å². The number of aliphatic hydroxyl groups excluding tert-OH is 2. The van der Waals surface area contributed by atoms with Crippen LogP contribution in [0.15, 0.2) is 55.0 Å². The number of ether oxygens (including phenoxy) is 1. The number of para-hydroxylation sites is 1. The third-order valence-corrected chi connectivity index (χ3v) is 6.61. The first-order chi connectivity index (χ1) is 16.0. The number of anilines is 2. The molecule has 3 atom stereocenters. The highest BCUT2D eigenvalue weighted by molar-refractivity contribution is 7.99. The summed E-state index contributed by atoms with van der Waals surface area (Å²) in [4.78, 5) is 13.1. The summed E-state index contributed by atoms with van der Waals surface area (Å²) in [5.74, 6) is 2.56. The van der Waals surface area contributed by atoms with Crippen LogP contribution in [0.5, 0.6) is 5.75 Å². The standard InChI is InChI=1S/C24H31N5O3S/c1-16(19-6-4-5-7-21(19)32-2)22(33-3)13-27-24-10-20(28-15-29-24)17-8-9-23(25-11-17)26-12-18(31)14-30/h4-11,15-16,18,22,30-31H,12-14H2,1-3H3,(H,25,26)(H,27,28,29)/t16-,18-,22?/m0/s1. The van der Waals surface area contributed by atoms with Crippen molar-refractivity contribution in [2.75, 3.05) is 43.7 Å². The molecule has 176 valence electrons. The Morgan fingerprint density at radius 3 is 2.52 bits per heavy atom. The van der Waals surface area contributed by atoms with E-state index in [0.717, 1.165) is 29.4 Å². The molecule has 0 fully saturated rings. The maximum atomic E-state index is 9.44. The van der Waals surface area contributed by atoms with Gasteiger partial charge in [0.2, 0.25) is 0 Å². The van der Waals surface area contributed by atoms with Crippen molar-refractivity contribution in [1.29, 1.82) is 0 Å². The minimum absolute atomic E-state index is 0.230. The average molecular weight is 470 g/mol. The summed E-state index contributed by atoms with van der Waals surface area (Å²) < 4.78 is 5.55. The van der Waals surface area contributed by atoms with Crippen LogP contribution >= 0.6 is 11.8 Å². The maximum absolute atomic E-state index is 9.44. The second-order valence-electron chi connectivity index (χ2n) is 7.62. The van der Waals surface area contributed by atoms with Crippen LogP contribution in [0.1, 0.15) is 18.4 Å². The first kappa shape index (κ1) is 24.8. The largest absolute Gasteiger partial charge is 0.496 e. The SMILES string of the molecule is COc1ccccc1[C@H](C)C(CNc1cc(-c2ccc(NC[C@H](O)CO)nc2)ncn1)SC. The highest BCUT2D eigenvalue weighted by Gasteiger charge is 2.21. The molecule has 0 bridgehead atoms. The number of nitrogens with zero attached hydrogens (tertiary/aromatic N) is 3. The lowest BCUT2D eigenvalue weighted by atomic mass is 9.96. The molecule has 0 aliphatic heterocycles. The number of hydrogen-bond donors (Lipinski definition) is 4. The number of benzene rings is 1. The Bertz CT molecular complexity index is 1010. The van der Waals surface area contributed by atoms with Crippen molar-refractivity contribution in [1.82, 2.24) is 15.0 Å². The fraction of sp³-hybridized carbons (Fsp3) is 0.375. The Morgan fingerprint density at radius 2 is 1.82 bits per heavy atom. The van der Waals surface area contributed by atoms with E-state index < -0.39 is 6.10 Å². The molecule has 0 radical (unpaired) electrons. The van der Waals surface area contributed by atoms with Crippen molar-refractivity contribution in [3.05, 3.63) is 60.6 Å². The van der Waals surface area contributed by atoms with E-state index in [0.29, 0.717) is 17.0 Å². The van der Waals surface area contributed by atoms with Crippen LogP contribution in [-0.4, -0.2) is 69.6 Å². The van der Waals surface area contributed by atoms with Crippen molar-refractivity contribution < 1.29 is 14.9 Å². The lowest BCUT2D eigenvalue weighted by Gasteiger charge is -2.24. The van der Waals surface area contributed by atoms with Crippen LogP contribution in [0.3, 0.4) is 0 Å². The van der Waals surface area contributed by atoms with Crippen molar-refractivity contribution in [2.24, 2.45) is 0 Å². The van der Waals surface area contributed by atoms with Crippen molar-refractivity contribution in [3.63, 3.8) is 0 Å². The van der Waals surface area contributed by atoms with Gasteiger partial charge in [-0.3, -0.25) is 0 Å². The molecule has 9 heteroatoms. The summed E-state index contributed by atoms with van der Waals surface area (Å²) in [6.45, 7) is 2.89. The van der Waals surface area contributed by atoms with E-state index >= 15 is 0 Å². The van der Waals surface area contributed by atoms with Gasteiger partial charge < -0.3 is 25.6 Å². The molecule has 0 amide bonds. The van der Waals surface area contributed by atoms with Gasteiger partial charge in [0.25, 0.3) is 0 Å². The number of thioether (sulfide) groups is 1. The summed E-state index contributed by atoms with van der Waals surface area (Å²) >= 11 is 1.81. The van der Waals surface area contributed by atoms with Crippen LogP contribution in [0.2, 0.25) is 0 Å². The summed E-state index contributed by atoms with van der Waals surface area (Å²) in [7, 11) is 1.70. The number of aliphatic hydroxyl groups is 2. The fourth-order valence-electron chi connectivity index (χ4n) is 3.46. The van der Waals surface area contributed by atoms with Gasteiger partial charge in [-0.25, -0.2) is 15.0 Å². The van der Waals surface area contributed by atoms with Gasteiger partial charge in [-0.2, -0.15) is 11.8 Å². The lowest BCUT2D eigenvalue weighted by molar-refractivity contribution is 0.105. The van der Waals surface area contributed by atoms with Crippen LogP contribution in [0.25, 0.3) is 11.3 Å². The zero-order chi connectivity index (χ0) is 23.6. The molecule has 2 aromatic heterocycles. The van der Waals surface area contributed by atoms with Gasteiger partial charge in [-0.15, -0.1) is 0 Å². The zero-order valence-electron chi connectivity index (χ0n) is 19.1. The number of aromatic nitrogens is 3. The molecule has 0 aliphatic rings. The molecule has 0 saturated heterocycles. The zero-order valence-corrected chi connectivity index (χ0v) is 19.9. The summed E-state index contributed by atoms with van der Waals surface area (Å²) in [5.41, 5.74) is 2.81. The molecule has 4 N–H and O–H groups in total. The maximum Gasteiger partial charge on any atom is 0.129 e. The highest BCUT2D eigenvalue weighted by Crippen LogP contribution is 2.33. The predicted molar refractivity (Wildman–Crippen MR) is 134 cm³/mol. The minimum Gasteiger partial charge on any atom is -0.496 e. The van der Waals surface area contributed by atoms with Gasteiger partial charge in [-0.05, 0) is 35.9 Å². The van der Waals surface area contributed by atoms with E-state index in [4.69, 9.17) is 9.84 Å². The first-order valence-electron chi connectivity index (χ1n) is 10.8. The Morgan fingerprint density at radius 1 is 1.03 bits per heavy atom. The Hall–Kier alpha value is -2.88. The third-order valence-electron chi connectivity index (χ3n) is 5.43. The van der Waals surface area contributed by atoms with Crippen LogP contribution in [0.4, 0.5) is 11.6 Å². The van der Waals surface area contributed by atoms with Gasteiger partial charge in [-0.1, -0.05) is 25.1 Å². The highest BCUT2D eigenvalue weighted by atomic mass is 32.2. The van der Waals surface area contributed by atoms with Gasteiger partial charge in [0, 0.05) is 36.2 Å². The Kier molecular flexibility index (Phi) is 9.29. The quantitative estimate of drug-likeness (QED) is 0.317. The first-order valence-corrected chi connectivity index (χ1v) is 12.0. The summed E-state index contributed by atoms with van der Waals surface area (Å²) in [6, 6.07) is 13.8. The van der Waals surface area contributed by atoms with E-state index in [-0.39, 0.29) is 13.2 Å². The van der Waals surface area contributed by atoms with Crippen molar-refractivity contribution in [3.8, 4) is 17.0 Å². The number of pyridine rings is 1. The second-order valence-corrected chi connectivity index (χ2v) is 8.70. The van der Waals surface area contributed by atoms with Crippen molar-refractivity contribution >= 4 is 23.4 Å². The van der Waals surface area contributed by atoms with E-state index in [1.54, 1.807) is 19.6 Å². The molecule has 0 aliphatic carbocycles. The molecule has 3 aromatic rings. The Labute approximate surface area is 198 Å². The fourth-order valence-corrected chi connectivity index (χ4v) is 4.27. The Balaban J connectivity index is 1.64. The molecular formula is C24H31N5O3S. The second kappa shape index (κ2) is 12.4. The van der Waals surface area contributed by atoms with Gasteiger partial charge in [0.15, 0.2) is 0 Å². The molecule has 1 unspecified atom stereocenters. The monoisotopic (exact) mass is 469 g/mol. The van der Waals surface area contributed by atoms with Gasteiger partial charge in [0.05, 0.1) is 25.5 Å². The minimum atomic E-state index is -0.822. The molecule has 1 aromatic carbocycles. The van der Waals surface area contributed by atoms with E-state index in [9.17, 15) is 5.11 Å². The average Bonchev–Trinajstić information content (AvgIpc) is 2.87. The molecular weight excluding hydrogens is 438 g/mol. The number of rotatable bonds is 12. The van der Waals surface area contributed by atoms with Crippen LogP contribution in [-0.2, 0) is 0 Å². The third kappa shape index (κ3) is 6.80. The molecule has 3 rings (SSSR count). The molecule has 33 heavy (non-hydrogen) atoms. The lowest BCUT2D eigenvalue weighted by Crippen LogP contribution is -2.23. The molecule has 0 saturated carbocycles. The van der Waals surface area contributed by atoms with E-state index in [2.05, 4.69) is 44.8 Å².